The molecule has 1 heterocycles. The number of aromatic nitrogens is 1. The number of thiazole rings is 1. The first-order chi connectivity index (χ1) is 12.9. The van der Waals surface area contributed by atoms with E-state index in [0.717, 1.165) is 35.1 Å². The van der Waals surface area contributed by atoms with Crippen LogP contribution in [0.15, 0.2) is 34.0 Å². The Morgan fingerprint density at radius 1 is 1.26 bits per heavy atom. The Bertz CT molecular complexity index is 717. The lowest BCUT2D eigenvalue weighted by molar-refractivity contribution is -0.135. The van der Waals surface area contributed by atoms with Crippen LogP contribution in [0, 0.1) is 0 Å². The Hall–Kier alpha value is -1.10. The highest BCUT2D eigenvalue weighted by Gasteiger charge is 2.31. The predicted molar refractivity (Wildman–Crippen MR) is 120 cm³/mol. The van der Waals surface area contributed by atoms with Gasteiger partial charge >= 0.3 is 5.97 Å². The molecule has 4 nitrogen and oxygen atoms in total. The van der Waals surface area contributed by atoms with E-state index in [9.17, 15) is 4.79 Å². The van der Waals surface area contributed by atoms with E-state index in [1.165, 1.54) is 36.6 Å². The lowest BCUT2D eigenvalue weighted by Crippen LogP contribution is -2.27. The first-order valence-electron chi connectivity index (χ1n) is 9.32. The number of aryl methyl sites for hydroxylation is 1. The second-order valence-electron chi connectivity index (χ2n) is 6.95. The summed E-state index contributed by atoms with van der Waals surface area (Å²) in [5.41, 5.74) is 3.59. The minimum absolute atomic E-state index is 0.269. The van der Waals surface area contributed by atoms with Gasteiger partial charge in [0.2, 0.25) is 0 Å². The molecule has 27 heavy (non-hydrogen) atoms. The molecule has 0 bridgehead atoms. The van der Waals surface area contributed by atoms with Gasteiger partial charge in [-0.15, -0.1) is 11.3 Å². The van der Waals surface area contributed by atoms with Gasteiger partial charge in [-0.3, -0.25) is 4.79 Å². The second kappa shape index (κ2) is 11.0. The molecule has 0 spiro atoms. The Morgan fingerprint density at radius 2 is 2.00 bits per heavy atom. The summed E-state index contributed by atoms with van der Waals surface area (Å²) in [6.45, 7) is 6.76. The van der Waals surface area contributed by atoms with Crippen LogP contribution in [0.3, 0.4) is 0 Å². The van der Waals surface area contributed by atoms with Gasteiger partial charge in [-0.05, 0) is 44.4 Å². The molecule has 7 heteroatoms. The fourth-order valence-corrected chi connectivity index (χ4v) is 5.21. The zero-order valence-electron chi connectivity index (χ0n) is 16.3. The highest BCUT2D eigenvalue weighted by atomic mass is 32.2. The molecule has 0 aliphatic rings. The number of anilines is 1. The minimum Gasteiger partial charge on any atom is -0.450 e. The van der Waals surface area contributed by atoms with Crippen LogP contribution in [0.2, 0.25) is 0 Å². The Balaban J connectivity index is 1.77. The lowest BCUT2D eigenvalue weighted by atomic mass is 10.1. The van der Waals surface area contributed by atoms with E-state index < -0.39 is 4.75 Å². The molecule has 1 aromatic heterocycles. The fourth-order valence-electron chi connectivity index (χ4n) is 2.56. The minimum atomic E-state index is -0.645. The van der Waals surface area contributed by atoms with E-state index in [1.54, 1.807) is 11.3 Å². The number of benzene rings is 1. The third-order valence-electron chi connectivity index (χ3n) is 4.20. The molecule has 1 atom stereocenters. The standard InChI is InChI=1S/C20H29N2O2PS2/c1-4-5-6-7-15-8-10-16(11-9-15)21-13-12-17-14-26-19(22-17)27-20(2,3)18(23)24-25/h8-11,14,21H,4-7,12-13,25H2,1-3H3. The van der Waals surface area contributed by atoms with Gasteiger partial charge in [-0.25, -0.2) is 4.98 Å². The van der Waals surface area contributed by atoms with Crippen molar-refractivity contribution < 1.29 is 9.32 Å². The van der Waals surface area contributed by atoms with Crippen molar-refractivity contribution in [2.24, 2.45) is 0 Å². The molecule has 0 aliphatic heterocycles. The van der Waals surface area contributed by atoms with Gasteiger partial charge in [0.05, 0.1) is 15.2 Å². The van der Waals surface area contributed by atoms with Gasteiger partial charge in [-0.2, -0.15) is 0 Å². The smallest absolute Gasteiger partial charge is 0.324 e. The molecule has 0 aliphatic carbocycles. The normalized spacial score (nSPS) is 11.4. The molecule has 1 N–H and O–H groups in total. The Kier molecular flexibility index (Phi) is 9.07. The Morgan fingerprint density at radius 3 is 2.67 bits per heavy atom. The topological polar surface area (TPSA) is 51.2 Å². The van der Waals surface area contributed by atoms with E-state index in [2.05, 4.69) is 46.9 Å². The van der Waals surface area contributed by atoms with Crippen molar-refractivity contribution in [2.45, 2.75) is 62.0 Å². The quantitative estimate of drug-likeness (QED) is 0.283. The van der Waals surface area contributed by atoms with E-state index in [-0.39, 0.29) is 5.97 Å². The van der Waals surface area contributed by atoms with E-state index in [1.807, 2.05) is 23.3 Å². The summed E-state index contributed by atoms with van der Waals surface area (Å²) in [4.78, 5) is 16.4. The number of carbonyl (C=O) groups excluding carboxylic acids is 1. The number of unbranched alkanes of at least 4 members (excludes halogenated alkanes) is 2. The number of nitrogens with zero attached hydrogens (tertiary/aromatic N) is 1. The van der Waals surface area contributed by atoms with Crippen molar-refractivity contribution in [3.63, 3.8) is 0 Å². The van der Waals surface area contributed by atoms with Crippen LogP contribution in [0.4, 0.5) is 5.69 Å². The molecule has 1 unspecified atom stereocenters. The third kappa shape index (κ3) is 7.44. The molecule has 2 rings (SSSR count). The number of hydrogen-bond donors (Lipinski definition) is 1. The highest BCUT2D eigenvalue weighted by Crippen LogP contribution is 2.35. The van der Waals surface area contributed by atoms with Gasteiger partial charge in [0.15, 0.2) is 4.34 Å². The highest BCUT2D eigenvalue weighted by molar-refractivity contribution is 8.03. The summed E-state index contributed by atoms with van der Waals surface area (Å²) in [6.07, 6.45) is 5.83. The maximum absolute atomic E-state index is 11.8. The van der Waals surface area contributed by atoms with Gasteiger partial charge in [0.1, 0.15) is 4.75 Å². The SMILES string of the molecule is CCCCCc1ccc(NCCc2csc(SC(C)(C)C(=O)OP)n2)cc1. The summed E-state index contributed by atoms with van der Waals surface area (Å²) in [7, 11) is 2.01. The van der Waals surface area contributed by atoms with Gasteiger partial charge in [0.25, 0.3) is 0 Å². The average Bonchev–Trinajstić information content (AvgIpc) is 3.09. The molecule has 0 fully saturated rings. The van der Waals surface area contributed by atoms with Crippen LogP contribution in [0.1, 0.15) is 51.3 Å². The average molecular weight is 425 g/mol. The summed E-state index contributed by atoms with van der Waals surface area (Å²) < 4.78 is 5.01. The molecule has 0 amide bonds. The molecular formula is C20H29N2O2PS2. The van der Waals surface area contributed by atoms with Crippen molar-refractivity contribution in [1.82, 2.24) is 4.98 Å². The molecule has 2 aromatic rings. The maximum atomic E-state index is 11.8. The van der Waals surface area contributed by atoms with E-state index in [0.29, 0.717) is 0 Å². The van der Waals surface area contributed by atoms with Crippen LogP contribution < -0.4 is 5.32 Å². The zero-order chi connectivity index (χ0) is 19.7. The monoisotopic (exact) mass is 424 g/mol. The Labute approximate surface area is 173 Å². The zero-order valence-corrected chi connectivity index (χ0v) is 19.1. The number of thioether (sulfide) groups is 1. The summed E-state index contributed by atoms with van der Waals surface area (Å²) >= 11 is 3.01. The van der Waals surface area contributed by atoms with Gasteiger partial charge in [0, 0.05) is 24.0 Å². The first-order valence-corrected chi connectivity index (χ1v) is 11.5. The lowest BCUT2D eigenvalue weighted by Gasteiger charge is -2.18. The summed E-state index contributed by atoms with van der Waals surface area (Å²) in [5, 5.41) is 5.51. The van der Waals surface area contributed by atoms with Crippen molar-refractivity contribution in [3.8, 4) is 0 Å². The van der Waals surface area contributed by atoms with E-state index in [4.69, 9.17) is 4.52 Å². The van der Waals surface area contributed by atoms with Crippen LogP contribution in [-0.2, 0) is 22.2 Å². The number of carbonyl (C=O) groups is 1. The largest absolute Gasteiger partial charge is 0.450 e. The molecule has 0 radical (unpaired) electrons. The molecule has 0 saturated carbocycles. The van der Waals surface area contributed by atoms with Gasteiger partial charge in [-0.1, -0.05) is 43.7 Å². The van der Waals surface area contributed by atoms with Gasteiger partial charge < -0.3 is 9.84 Å². The maximum Gasteiger partial charge on any atom is 0.324 e. The molecular weight excluding hydrogens is 395 g/mol. The number of nitrogens with one attached hydrogen (secondary N) is 1. The van der Waals surface area contributed by atoms with Crippen molar-refractivity contribution in [3.05, 3.63) is 40.9 Å². The van der Waals surface area contributed by atoms with Crippen molar-refractivity contribution >= 4 is 44.2 Å². The third-order valence-corrected chi connectivity index (χ3v) is 6.58. The van der Waals surface area contributed by atoms with Crippen LogP contribution in [0.25, 0.3) is 0 Å². The van der Waals surface area contributed by atoms with E-state index >= 15 is 0 Å². The molecule has 148 valence electrons. The summed E-state index contributed by atoms with van der Waals surface area (Å²) in [5.74, 6) is -0.269. The van der Waals surface area contributed by atoms with Crippen molar-refractivity contribution in [2.75, 3.05) is 11.9 Å². The summed E-state index contributed by atoms with van der Waals surface area (Å²) in [6, 6.07) is 8.73. The van der Waals surface area contributed by atoms with Crippen LogP contribution in [0.5, 0.6) is 0 Å². The molecule has 0 saturated heterocycles. The number of hydrogen-bond acceptors (Lipinski definition) is 6. The van der Waals surface area contributed by atoms with Crippen molar-refractivity contribution in [1.29, 1.82) is 0 Å². The van der Waals surface area contributed by atoms with Crippen LogP contribution >= 0.6 is 32.6 Å². The first kappa shape index (κ1) is 22.2. The fraction of sp³-hybridized carbons (Fsp3) is 0.500. The second-order valence-corrected chi connectivity index (χ2v) is 9.92. The van der Waals surface area contributed by atoms with Crippen LogP contribution in [-0.4, -0.2) is 22.2 Å². The molecule has 1 aromatic carbocycles. The number of rotatable bonds is 11. The predicted octanol–water partition coefficient (Wildman–Crippen LogP) is 5.73.